The first-order chi connectivity index (χ1) is 13.6. The first-order valence-electron chi connectivity index (χ1n) is 9.01. The molecule has 1 unspecified atom stereocenters. The number of nitrogens with one attached hydrogen (secondary N) is 1. The van der Waals surface area contributed by atoms with Crippen LogP contribution in [0.4, 0.5) is 5.69 Å². The molecule has 0 spiro atoms. The smallest absolute Gasteiger partial charge is 0.265 e. The number of nitriles is 1. The van der Waals surface area contributed by atoms with E-state index in [1.54, 1.807) is 60.4 Å². The molecule has 2 aromatic carbocycles. The molecule has 1 aliphatic rings. The Labute approximate surface area is 163 Å². The average molecular weight is 379 g/mol. The number of carbonyl (C=O) groups excluding carboxylic acids is 2. The Morgan fingerprint density at radius 3 is 2.68 bits per heavy atom. The molecule has 1 atom stereocenters. The lowest BCUT2D eigenvalue weighted by molar-refractivity contribution is -0.122. The molecule has 0 saturated carbocycles. The second kappa shape index (κ2) is 9.02. The first kappa shape index (κ1) is 19.4. The van der Waals surface area contributed by atoms with Crippen molar-refractivity contribution in [2.24, 2.45) is 0 Å². The summed E-state index contributed by atoms with van der Waals surface area (Å²) in [4.78, 5) is 26.8. The summed E-state index contributed by atoms with van der Waals surface area (Å²) >= 11 is 0. The van der Waals surface area contributed by atoms with Crippen LogP contribution in [0, 0.1) is 11.3 Å². The van der Waals surface area contributed by atoms with Crippen LogP contribution in [0.5, 0.6) is 5.75 Å². The molecule has 7 heteroatoms. The van der Waals surface area contributed by atoms with E-state index in [0.29, 0.717) is 48.9 Å². The Morgan fingerprint density at radius 1 is 1.18 bits per heavy atom. The first-order valence-corrected chi connectivity index (χ1v) is 9.01. The fourth-order valence-corrected chi connectivity index (χ4v) is 2.82. The molecule has 2 amide bonds. The van der Waals surface area contributed by atoms with Crippen molar-refractivity contribution >= 4 is 17.5 Å². The summed E-state index contributed by atoms with van der Waals surface area (Å²) in [5.41, 5.74) is 1.49. The molecule has 0 aromatic heterocycles. The van der Waals surface area contributed by atoms with Gasteiger partial charge in [0.2, 0.25) is 0 Å². The van der Waals surface area contributed by atoms with Crippen molar-refractivity contribution in [2.45, 2.75) is 13.0 Å². The Morgan fingerprint density at radius 2 is 1.93 bits per heavy atom. The Hall–Kier alpha value is -3.37. The van der Waals surface area contributed by atoms with Crippen LogP contribution in [0.3, 0.4) is 0 Å². The van der Waals surface area contributed by atoms with E-state index in [0.717, 1.165) is 0 Å². The molecule has 144 valence electrons. The highest BCUT2D eigenvalue weighted by Crippen LogP contribution is 2.17. The zero-order valence-electron chi connectivity index (χ0n) is 15.6. The Balaban J connectivity index is 1.63. The van der Waals surface area contributed by atoms with Gasteiger partial charge in [-0.15, -0.1) is 0 Å². The Kier molecular flexibility index (Phi) is 6.25. The van der Waals surface area contributed by atoms with Gasteiger partial charge < -0.3 is 19.7 Å². The second-order valence-corrected chi connectivity index (χ2v) is 6.37. The third-order valence-corrected chi connectivity index (χ3v) is 4.32. The van der Waals surface area contributed by atoms with Crippen molar-refractivity contribution in [2.75, 3.05) is 31.6 Å². The van der Waals surface area contributed by atoms with E-state index in [9.17, 15) is 9.59 Å². The van der Waals surface area contributed by atoms with Gasteiger partial charge in [-0.25, -0.2) is 0 Å². The van der Waals surface area contributed by atoms with Gasteiger partial charge in [0.05, 0.1) is 24.8 Å². The van der Waals surface area contributed by atoms with Gasteiger partial charge in [0, 0.05) is 24.3 Å². The maximum Gasteiger partial charge on any atom is 0.265 e. The van der Waals surface area contributed by atoms with E-state index in [2.05, 4.69) is 5.32 Å². The number of anilines is 1. The summed E-state index contributed by atoms with van der Waals surface area (Å²) in [6, 6.07) is 15.5. The Bertz CT molecular complexity index is 901. The van der Waals surface area contributed by atoms with E-state index in [4.69, 9.17) is 14.7 Å². The fraction of sp³-hybridized carbons (Fsp3) is 0.286. The molecule has 1 N–H and O–H groups in total. The van der Waals surface area contributed by atoms with Gasteiger partial charge in [0.15, 0.2) is 6.10 Å². The second-order valence-electron chi connectivity index (χ2n) is 6.37. The molecule has 0 aliphatic carbocycles. The zero-order valence-corrected chi connectivity index (χ0v) is 15.6. The molecule has 7 nitrogen and oxygen atoms in total. The quantitative estimate of drug-likeness (QED) is 0.861. The SMILES string of the molecule is CC(Oc1cccc(C#N)c1)C(=O)Nc1cccc(C(=O)N2CCOCC2)c1. The molecular formula is C21H21N3O4. The maximum atomic E-state index is 12.6. The predicted octanol–water partition coefficient (Wildman–Crippen LogP) is 2.44. The van der Waals surface area contributed by atoms with Crippen LogP contribution in [0.15, 0.2) is 48.5 Å². The summed E-state index contributed by atoms with van der Waals surface area (Å²) in [6.45, 7) is 3.80. The summed E-state index contributed by atoms with van der Waals surface area (Å²) in [7, 11) is 0. The number of ether oxygens (including phenoxy) is 2. The molecule has 1 aliphatic heterocycles. The minimum atomic E-state index is -0.771. The lowest BCUT2D eigenvalue weighted by Gasteiger charge is -2.27. The lowest BCUT2D eigenvalue weighted by Crippen LogP contribution is -2.40. The van der Waals surface area contributed by atoms with Crippen LogP contribution in [-0.2, 0) is 9.53 Å². The van der Waals surface area contributed by atoms with Gasteiger partial charge in [0.1, 0.15) is 5.75 Å². The number of morpholine rings is 1. The van der Waals surface area contributed by atoms with Crippen molar-refractivity contribution < 1.29 is 19.1 Å². The van der Waals surface area contributed by atoms with Gasteiger partial charge in [-0.3, -0.25) is 9.59 Å². The van der Waals surface area contributed by atoms with Gasteiger partial charge in [-0.1, -0.05) is 12.1 Å². The molecular weight excluding hydrogens is 358 g/mol. The van der Waals surface area contributed by atoms with Crippen molar-refractivity contribution in [1.82, 2.24) is 4.90 Å². The predicted molar refractivity (Wildman–Crippen MR) is 103 cm³/mol. The van der Waals surface area contributed by atoms with Crippen LogP contribution >= 0.6 is 0 Å². The molecule has 2 aromatic rings. The van der Waals surface area contributed by atoms with Gasteiger partial charge in [0.25, 0.3) is 11.8 Å². The van der Waals surface area contributed by atoms with Crippen LogP contribution < -0.4 is 10.1 Å². The van der Waals surface area contributed by atoms with Gasteiger partial charge >= 0.3 is 0 Å². The number of amides is 2. The van der Waals surface area contributed by atoms with Crippen molar-refractivity contribution in [1.29, 1.82) is 5.26 Å². The number of rotatable bonds is 5. The zero-order chi connectivity index (χ0) is 19.9. The standard InChI is InChI=1S/C21H21N3O4/c1-15(28-19-7-2-4-16(12-19)14-22)20(25)23-18-6-3-5-17(13-18)21(26)24-8-10-27-11-9-24/h2-7,12-13,15H,8-11H2,1H3,(H,23,25). The number of nitrogens with zero attached hydrogens (tertiary/aromatic N) is 2. The summed E-state index contributed by atoms with van der Waals surface area (Å²) in [6.07, 6.45) is -0.771. The molecule has 1 heterocycles. The van der Waals surface area contributed by atoms with E-state index < -0.39 is 6.10 Å². The largest absolute Gasteiger partial charge is 0.481 e. The highest BCUT2D eigenvalue weighted by molar-refractivity contribution is 5.98. The number of benzene rings is 2. The van der Waals surface area contributed by atoms with Crippen LogP contribution in [0.1, 0.15) is 22.8 Å². The third kappa shape index (κ3) is 4.87. The van der Waals surface area contributed by atoms with Gasteiger partial charge in [-0.05, 0) is 43.3 Å². The van der Waals surface area contributed by atoms with E-state index in [1.165, 1.54) is 0 Å². The monoisotopic (exact) mass is 379 g/mol. The molecule has 3 rings (SSSR count). The highest BCUT2D eigenvalue weighted by Gasteiger charge is 2.20. The van der Waals surface area contributed by atoms with Crippen molar-refractivity contribution in [3.63, 3.8) is 0 Å². The van der Waals surface area contributed by atoms with Crippen LogP contribution in [-0.4, -0.2) is 49.1 Å². The van der Waals surface area contributed by atoms with E-state index in [1.807, 2.05) is 6.07 Å². The van der Waals surface area contributed by atoms with Crippen molar-refractivity contribution in [3.05, 3.63) is 59.7 Å². The summed E-state index contributed by atoms with van der Waals surface area (Å²) in [5.74, 6) is 0.00768. The molecule has 1 fully saturated rings. The van der Waals surface area contributed by atoms with Crippen LogP contribution in [0.25, 0.3) is 0 Å². The number of hydrogen-bond donors (Lipinski definition) is 1. The molecule has 0 bridgehead atoms. The van der Waals surface area contributed by atoms with Crippen LogP contribution in [0.2, 0.25) is 0 Å². The third-order valence-electron chi connectivity index (χ3n) is 4.32. The summed E-state index contributed by atoms with van der Waals surface area (Å²) in [5, 5.41) is 11.7. The van der Waals surface area contributed by atoms with E-state index >= 15 is 0 Å². The van der Waals surface area contributed by atoms with E-state index in [-0.39, 0.29) is 11.8 Å². The topological polar surface area (TPSA) is 91.7 Å². The molecule has 1 saturated heterocycles. The summed E-state index contributed by atoms with van der Waals surface area (Å²) < 4.78 is 10.9. The average Bonchev–Trinajstić information content (AvgIpc) is 2.74. The van der Waals surface area contributed by atoms with Gasteiger partial charge in [-0.2, -0.15) is 5.26 Å². The molecule has 28 heavy (non-hydrogen) atoms. The highest BCUT2D eigenvalue weighted by atomic mass is 16.5. The normalized spacial score (nSPS) is 14.6. The minimum absolute atomic E-state index is 0.0861. The number of carbonyl (C=O) groups is 2. The molecule has 0 radical (unpaired) electrons. The van der Waals surface area contributed by atoms with Crippen molar-refractivity contribution in [3.8, 4) is 11.8 Å². The minimum Gasteiger partial charge on any atom is -0.481 e. The number of hydrogen-bond acceptors (Lipinski definition) is 5. The lowest BCUT2D eigenvalue weighted by atomic mass is 10.1. The maximum absolute atomic E-state index is 12.6. The fourth-order valence-electron chi connectivity index (χ4n) is 2.82.